The van der Waals surface area contributed by atoms with Gasteiger partial charge in [0.15, 0.2) is 5.65 Å². The van der Waals surface area contributed by atoms with Crippen molar-refractivity contribution in [3.05, 3.63) is 35.9 Å². The summed E-state index contributed by atoms with van der Waals surface area (Å²) in [5.41, 5.74) is 2.01. The van der Waals surface area contributed by atoms with E-state index in [1.807, 2.05) is 33.2 Å². The summed E-state index contributed by atoms with van der Waals surface area (Å²) in [6.07, 6.45) is 4.62. The van der Waals surface area contributed by atoms with Gasteiger partial charge in [-0.3, -0.25) is 4.68 Å². The molecule has 23 heavy (non-hydrogen) atoms. The van der Waals surface area contributed by atoms with E-state index in [2.05, 4.69) is 36.8 Å². The molecule has 0 bridgehead atoms. The van der Waals surface area contributed by atoms with E-state index in [1.54, 1.807) is 10.9 Å². The second-order valence-corrected chi connectivity index (χ2v) is 5.55. The minimum atomic E-state index is 0.741. The van der Waals surface area contributed by atoms with Gasteiger partial charge in [-0.25, -0.2) is 15.0 Å². The second-order valence-electron chi connectivity index (χ2n) is 5.55. The van der Waals surface area contributed by atoms with Crippen molar-refractivity contribution in [1.82, 2.24) is 24.7 Å². The smallest absolute Gasteiger partial charge is 0.163 e. The van der Waals surface area contributed by atoms with Gasteiger partial charge in [-0.15, -0.1) is 0 Å². The Hall–Kier alpha value is -2.70. The average Bonchev–Trinajstić information content (AvgIpc) is 2.90. The van der Waals surface area contributed by atoms with Crippen LogP contribution in [0.25, 0.3) is 11.0 Å². The van der Waals surface area contributed by atoms with Gasteiger partial charge in [0.1, 0.15) is 17.5 Å². The van der Waals surface area contributed by atoms with Gasteiger partial charge in [0, 0.05) is 26.3 Å². The molecule has 0 fully saturated rings. The van der Waals surface area contributed by atoms with Gasteiger partial charge in [0.2, 0.25) is 0 Å². The highest BCUT2D eigenvalue weighted by Gasteiger charge is 2.09. The van der Waals surface area contributed by atoms with Crippen LogP contribution < -0.4 is 10.6 Å². The Morgan fingerprint density at radius 2 is 1.87 bits per heavy atom. The third kappa shape index (κ3) is 3.56. The number of aromatic nitrogens is 5. The molecule has 7 heteroatoms. The van der Waals surface area contributed by atoms with Crippen molar-refractivity contribution in [2.75, 3.05) is 23.7 Å². The van der Waals surface area contributed by atoms with Gasteiger partial charge in [0.05, 0.1) is 11.6 Å². The van der Waals surface area contributed by atoms with E-state index in [9.17, 15) is 0 Å². The lowest BCUT2D eigenvalue weighted by Crippen LogP contribution is -2.11. The number of hydrogen-bond donors (Lipinski definition) is 2. The minimum absolute atomic E-state index is 0.741. The molecule has 0 saturated heterocycles. The maximum atomic E-state index is 4.47. The van der Waals surface area contributed by atoms with E-state index in [4.69, 9.17) is 0 Å². The highest BCUT2D eigenvalue weighted by Crippen LogP contribution is 2.19. The first-order valence-corrected chi connectivity index (χ1v) is 7.70. The van der Waals surface area contributed by atoms with Gasteiger partial charge in [0.25, 0.3) is 0 Å². The maximum absolute atomic E-state index is 4.47. The quantitative estimate of drug-likeness (QED) is 0.680. The Balaban J connectivity index is 1.54. The predicted molar refractivity (Wildman–Crippen MR) is 91.6 cm³/mol. The van der Waals surface area contributed by atoms with Crippen molar-refractivity contribution in [3.63, 3.8) is 0 Å². The molecular weight excluding hydrogens is 290 g/mol. The normalized spacial score (nSPS) is 10.9. The summed E-state index contributed by atoms with van der Waals surface area (Å²) in [5, 5.41) is 11.9. The van der Waals surface area contributed by atoms with Crippen LogP contribution in [0.15, 0.2) is 24.5 Å². The van der Waals surface area contributed by atoms with Crippen LogP contribution in [0.5, 0.6) is 0 Å². The van der Waals surface area contributed by atoms with Gasteiger partial charge in [-0.2, -0.15) is 5.10 Å². The molecule has 0 aliphatic heterocycles. The monoisotopic (exact) mass is 311 g/mol. The number of nitrogens with zero attached hydrogens (tertiary/aromatic N) is 5. The zero-order chi connectivity index (χ0) is 16.2. The molecule has 120 valence electrons. The van der Waals surface area contributed by atoms with Crippen LogP contribution >= 0.6 is 0 Å². The highest BCUT2D eigenvalue weighted by molar-refractivity contribution is 5.86. The molecule has 0 atom stereocenters. The number of pyridine rings is 1. The molecule has 3 aromatic rings. The summed E-state index contributed by atoms with van der Waals surface area (Å²) in [4.78, 5) is 13.2. The van der Waals surface area contributed by atoms with E-state index in [-0.39, 0.29) is 0 Å². The predicted octanol–water partition coefficient (Wildman–Crippen LogP) is 2.29. The molecular formula is C16H21N7. The number of rotatable bonds is 6. The Labute approximate surface area is 135 Å². The van der Waals surface area contributed by atoms with Crippen LogP contribution in [0.1, 0.15) is 17.8 Å². The molecule has 0 unspecified atom stereocenters. The van der Waals surface area contributed by atoms with Crippen molar-refractivity contribution in [3.8, 4) is 0 Å². The fourth-order valence-corrected chi connectivity index (χ4v) is 2.35. The maximum Gasteiger partial charge on any atom is 0.163 e. The SMILES string of the molecule is Cc1ccc(NCCCNc2nc(C)nc3c2cnn3C)nc1. The number of anilines is 2. The zero-order valence-electron chi connectivity index (χ0n) is 13.7. The Morgan fingerprint density at radius 3 is 2.65 bits per heavy atom. The molecule has 0 aliphatic carbocycles. The standard InChI is InChI=1S/C16H21N7/c1-11-5-6-14(19-9-11)17-7-4-8-18-15-13-10-20-23(3)16(13)22-12(2)21-15/h5-6,9-10H,4,7-8H2,1-3H3,(H,17,19)(H,18,21,22). The third-order valence-electron chi connectivity index (χ3n) is 3.57. The summed E-state index contributed by atoms with van der Waals surface area (Å²) >= 11 is 0. The lowest BCUT2D eigenvalue weighted by molar-refractivity contribution is 0.783. The van der Waals surface area contributed by atoms with Crippen LogP contribution in [-0.2, 0) is 7.05 Å². The topological polar surface area (TPSA) is 80.5 Å². The fourth-order valence-electron chi connectivity index (χ4n) is 2.35. The van der Waals surface area contributed by atoms with E-state index < -0.39 is 0 Å². The molecule has 0 amide bonds. The van der Waals surface area contributed by atoms with E-state index >= 15 is 0 Å². The zero-order valence-corrected chi connectivity index (χ0v) is 13.7. The molecule has 7 nitrogen and oxygen atoms in total. The van der Waals surface area contributed by atoms with E-state index in [1.165, 1.54) is 0 Å². The summed E-state index contributed by atoms with van der Waals surface area (Å²) in [6.45, 7) is 5.59. The van der Waals surface area contributed by atoms with Crippen molar-refractivity contribution < 1.29 is 0 Å². The molecule has 0 spiro atoms. The number of nitrogens with one attached hydrogen (secondary N) is 2. The number of hydrogen-bond acceptors (Lipinski definition) is 6. The fraction of sp³-hybridized carbons (Fsp3) is 0.375. The largest absolute Gasteiger partial charge is 0.370 e. The first-order chi connectivity index (χ1) is 11.1. The molecule has 3 aromatic heterocycles. The summed E-state index contributed by atoms with van der Waals surface area (Å²) in [7, 11) is 1.89. The Bertz CT molecular complexity index is 792. The first-order valence-electron chi connectivity index (χ1n) is 7.70. The van der Waals surface area contributed by atoms with Crippen LogP contribution in [0.3, 0.4) is 0 Å². The number of fused-ring (bicyclic) bond motifs is 1. The molecule has 2 N–H and O–H groups in total. The molecule has 0 radical (unpaired) electrons. The second kappa shape index (κ2) is 6.60. The van der Waals surface area contributed by atoms with Gasteiger partial charge in [-0.1, -0.05) is 6.07 Å². The third-order valence-corrected chi connectivity index (χ3v) is 3.57. The highest BCUT2D eigenvalue weighted by atomic mass is 15.3. The van der Waals surface area contributed by atoms with Crippen molar-refractivity contribution in [2.45, 2.75) is 20.3 Å². The van der Waals surface area contributed by atoms with E-state index in [0.29, 0.717) is 0 Å². The van der Waals surface area contributed by atoms with Gasteiger partial charge in [-0.05, 0) is 31.9 Å². The summed E-state index contributed by atoms with van der Waals surface area (Å²) in [5.74, 6) is 2.49. The molecule has 0 saturated carbocycles. The van der Waals surface area contributed by atoms with Crippen LogP contribution in [0, 0.1) is 13.8 Å². The lowest BCUT2D eigenvalue weighted by atomic mass is 10.3. The molecule has 0 aliphatic rings. The Morgan fingerprint density at radius 1 is 1.04 bits per heavy atom. The minimum Gasteiger partial charge on any atom is -0.370 e. The molecule has 3 rings (SSSR count). The van der Waals surface area contributed by atoms with Crippen molar-refractivity contribution in [2.24, 2.45) is 7.05 Å². The van der Waals surface area contributed by atoms with Crippen molar-refractivity contribution >= 4 is 22.7 Å². The van der Waals surface area contributed by atoms with Crippen LogP contribution in [0.2, 0.25) is 0 Å². The molecule has 0 aromatic carbocycles. The average molecular weight is 311 g/mol. The number of aryl methyl sites for hydroxylation is 3. The summed E-state index contributed by atoms with van der Waals surface area (Å²) in [6, 6.07) is 4.05. The lowest BCUT2D eigenvalue weighted by Gasteiger charge is -2.09. The molecule has 3 heterocycles. The summed E-state index contributed by atoms with van der Waals surface area (Å²) < 4.78 is 1.76. The Kier molecular flexibility index (Phi) is 4.36. The van der Waals surface area contributed by atoms with Crippen LogP contribution in [-0.4, -0.2) is 37.8 Å². The van der Waals surface area contributed by atoms with Gasteiger partial charge >= 0.3 is 0 Å². The van der Waals surface area contributed by atoms with Crippen molar-refractivity contribution in [1.29, 1.82) is 0 Å². The van der Waals surface area contributed by atoms with Gasteiger partial charge < -0.3 is 10.6 Å². The van der Waals surface area contributed by atoms with Crippen LogP contribution in [0.4, 0.5) is 11.6 Å². The van der Waals surface area contributed by atoms with E-state index in [0.717, 1.165) is 53.6 Å². The first kappa shape index (κ1) is 15.2.